The number of ketones is 1. The van der Waals surface area contributed by atoms with Crippen LogP contribution in [0.3, 0.4) is 0 Å². The first-order valence-corrected chi connectivity index (χ1v) is 5.05. The van der Waals surface area contributed by atoms with Gasteiger partial charge in [-0.3, -0.25) is 4.79 Å². The summed E-state index contributed by atoms with van der Waals surface area (Å²) in [6.07, 6.45) is 2.64. The van der Waals surface area contributed by atoms with Gasteiger partial charge in [-0.15, -0.1) is 0 Å². The van der Waals surface area contributed by atoms with Crippen molar-refractivity contribution in [2.75, 3.05) is 6.54 Å². The Balaban J connectivity index is 2.34. The zero-order valence-electron chi connectivity index (χ0n) is 9.13. The summed E-state index contributed by atoms with van der Waals surface area (Å²) < 4.78 is 0. The van der Waals surface area contributed by atoms with Gasteiger partial charge in [0.15, 0.2) is 5.78 Å². The number of nitrogens with one attached hydrogen (secondary N) is 1. The Morgan fingerprint density at radius 1 is 1.50 bits per heavy atom. The highest BCUT2D eigenvalue weighted by atomic mass is 16.3. The van der Waals surface area contributed by atoms with Crippen LogP contribution in [-0.2, 0) is 4.79 Å². The van der Waals surface area contributed by atoms with Gasteiger partial charge in [0.05, 0.1) is 6.10 Å². The van der Waals surface area contributed by atoms with Crippen molar-refractivity contribution in [3.05, 3.63) is 11.8 Å². The Labute approximate surface area is 85.2 Å². The van der Waals surface area contributed by atoms with Gasteiger partial charge in [0, 0.05) is 24.7 Å². The van der Waals surface area contributed by atoms with Crippen LogP contribution in [0.15, 0.2) is 11.8 Å². The van der Waals surface area contributed by atoms with Crippen molar-refractivity contribution in [3.63, 3.8) is 0 Å². The van der Waals surface area contributed by atoms with E-state index in [0.29, 0.717) is 13.0 Å². The van der Waals surface area contributed by atoms with Gasteiger partial charge in [-0.2, -0.15) is 0 Å². The van der Waals surface area contributed by atoms with Gasteiger partial charge in [-0.05, 0) is 11.8 Å². The monoisotopic (exact) mass is 197 g/mol. The number of aliphatic hydroxyl groups is 1. The Hall–Kier alpha value is -0.830. The lowest BCUT2D eigenvalue weighted by molar-refractivity contribution is -0.114. The molecule has 0 saturated heterocycles. The van der Waals surface area contributed by atoms with Crippen molar-refractivity contribution in [3.8, 4) is 0 Å². The quantitative estimate of drug-likeness (QED) is 0.715. The molecule has 0 radical (unpaired) electrons. The minimum Gasteiger partial charge on any atom is -0.391 e. The molecule has 3 nitrogen and oxygen atoms in total. The zero-order chi connectivity index (χ0) is 10.8. The van der Waals surface area contributed by atoms with Crippen molar-refractivity contribution in [2.45, 2.75) is 39.7 Å². The number of carbonyl (C=O) groups excluding carboxylic acids is 1. The molecule has 1 atom stereocenters. The fourth-order valence-corrected chi connectivity index (χ4v) is 1.27. The number of aliphatic hydroxyl groups excluding tert-OH is 1. The van der Waals surface area contributed by atoms with Crippen LogP contribution in [-0.4, -0.2) is 23.5 Å². The van der Waals surface area contributed by atoms with Crippen LogP contribution >= 0.6 is 0 Å². The van der Waals surface area contributed by atoms with E-state index in [4.69, 9.17) is 0 Å². The van der Waals surface area contributed by atoms with Gasteiger partial charge < -0.3 is 10.4 Å². The maximum Gasteiger partial charge on any atom is 0.157 e. The summed E-state index contributed by atoms with van der Waals surface area (Å²) in [5, 5.41) is 12.8. The maximum atomic E-state index is 10.9. The van der Waals surface area contributed by atoms with Gasteiger partial charge >= 0.3 is 0 Å². The van der Waals surface area contributed by atoms with E-state index in [0.717, 1.165) is 12.1 Å². The van der Waals surface area contributed by atoms with Crippen LogP contribution in [0.2, 0.25) is 0 Å². The zero-order valence-corrected chi connectivity index (χ0v) is 9.13. The largest absolute Gasteiger partial charge is 0.391 e. The number of rotatable bonds is 3. The lowest BCUT2D eigenvalue weighted by Crippen LogP contribution is -2.36. The highest BCUT2D eigenvalue weighted by Crippen LogP contribution is 2.19. The van der Waals surface area contributed by atoms with E-state index in [9.17, 15) is 9.90 Å². The summed E-state index contributed by atoms with van der Waals surface area (Å²) in [6.45, 7) is 6.50. The maximum absolute atomic E-state index is 10.9. The molecule has 14 heavy (non-hydrogen) atoms. The van der Waals surface area contributed by atoms with Crippen LogP contribution in [0.5, 0.6) is 0 Å². The molecular weight excluding hydrogens is 178 g/mol. The van der Waals surface area contributed by atoms with Gasteiger partial charge in [0.25, 0.3) is 0 Å². The summed E-state index contributed by atoms with van der Waals surface area (Å²) in [7, 11) is 0. The molecule has 0 aromatic carbocycles. The van der Waals surface area contributed by atoms with Crippen molar-refractivity contribution in [1.82, 2.24) is 5.32 Å². The van der Waals surface area contributed by atoms with Crippen molar-refractivity contribution in [2.24, 2.45) is 5.41 Å². The highest BCUT2D eigenvalue weighted by molar-refractivity contribution is 5.92. The van der Waals surface area contributed by atoms with Crippen molar-refractivity contribution >= 4 is 5.78 Å². The van der Waals surface area contributed by atoms with Gasteiger partial charge in [-0.25, -0.2) is 0 Å². The molecule has 0 fully saturated rings. The first kappa shape index (κ1) is 11.2. The second kappa shape index (κ2) is 4.13. The summed E-state index contributed by atoms with van der Waals surface area (Å²) in [4.78, 5) is 10.9. The Morgan fingerprint density at radius 2 is 2.14 bits per heavy atom. The number of hydrogen-bond donors (Lipinski definition) is 2. The summed E-state index contributed by atoms with van der Waals surface area (Å²) in [5.41, 5.74) is 0.842. The lowest BCUT2D eigenvalue weighted by atomic mass is 9.89. The fraction of sp³-hybridized carbons (Fsp3) is 0.727. The molecular formula is C11H19NO2. The van der Waals surface area contributed by atoms with Crippen LogP contribution in [0.25, 0.3) is 0 Å². The molecule has 1 unspecified atom stereocenters. The van der Waals surface area contributed by atoms with Gasteiger partial charge in [-0.1, -0.05) is 20.8 Å². The smallest absolute Gasteiger partial charge is 0.157 e. The molecule has 0 aromatic heterocycles. The molecule has 0 saturated carbocycles. The average Bonchev–Trinajstić information content (AvgIpc) is 2.45. The van der Waals surface area contributed by atoms with E-state index in [1.165, 1.54) is 0 Å². The predicted octanol–water partition coefficient (Wildman–Crippen LogP) is 1.23. The third-order valence-electron chi connectivity index (χ3n) is 2.50. The Bertz CT molecular complexity index is 251. The third kappa shape index (κ3) is 3.14. The molecule has 0 spiro atoms. The molecule has 1 aliphatic rings. The van der Waals surface area contributed by atoms with Crippen LogP contribution in [0, 0.1) is 5.41 Å². The Morgan fingerprint density at radius 3 is 2.57 bits per heavy atom. The predicted molar refractivity (Wildman–Crippen MR) is 55.8 cm³/mol. The van der Waals surface area contributed by atoms with Crippen molar-refractivity contribution in [1.29, 1.82) is 0 Å². The second-order valence-corrected chi connectivity index (χ2v) is 4.90. The fourth-order valence-electron chi connectivity index (χ4n) is 1.27. The SMILES string of the molecule is CC(C)(C)C(O)CNC1=CC(=O)CC1. The lowest BCUT2D eigenvalue weighted by Gasteiger charge is -2.26. The van der Waals surface area contributed by atoms with E-state index in [2.05, 4.69) is 5.32 Å². The van der Waals surface area contributed by atoms with Crippen molar-refractivity contribution < 1.29 is 9.90 Å². The first-order chi connectivity index (χ1) is 6.39. The molecule has 0 aromatic rings. The van der Waals surface area contributed by atoms with Gasteiger partial charge in [0.2, 0.25) is 0 Å². The number of hydrogen-bond acceptors (Lipinski definition) is 3. The minimum absolute atomic E-state index is 0.115. The molecule has 0 bridgehead atoms. The van der Waals surface area contributed by atoms with E-state index in [-0.39, 0.29) is 17.3 Å². The molecule has 3 heteroatoms. The van der Waals surface area contributed by atoms with Crippen LogP contribution in [0.4, 0.5) is 0 Å². The third-order valence-corrected chi connectivity index (χ3v) is 2.50. The van der Waals surface area contributed by atoms with Crippen LogP contribution < -0.4 is 5.32 Å². The molecule has 80 valence electrons. The molecule has 1 aliphatic carbocycles. The highest BCUT2D eigenvalue weighted by Gasteiger charge is 2.22. The molecule has 1 rings (SSSR count). The van der Waals surface area contributed by atoms with Gasteiger partial charge in [0.1, 0.15) is 0 Å². The van der Waals surface area contributed by atoms with E-state index >= 15 is 0 Å². The first-order valence-electron chi connectivity index (χ1n) is 5.05. The van der Waals surface area contributed by atoms with E-state index < -0.39 is 0 Å². The average molecular weight is 197 g/mol. The Kier molecular flexibility index (Phi) is 3.32. The normalized spacial score (nSPS) is 19.4. The standard InChI is InChI=1S/C11H19NO2/c1-11(2,3)10(14)7-12-8-4-5-9(13)6-8/h6,10,12,14H,4-5,7H2,1-3H3. The molecule has 2 N–H and O–H groups in total. The second-order valence-electron chi connectivity index (χ2n) is 4.90. The minimum atomic E-state index is -0.390. The van der Waals surface area contributed by atoms with E-state index in [1.54, 1.807) is 6.08 Å². The molecule has 0 heterocycles. The summed E-state index contributed by atoms with van der Waals surface area (Å²) in [6, 6.07) is 0. The topological polar surface area (TPSA) is 49.3 Å². The number of allylic oxidation sites excluding steroid dienone is 2. The van der Waals surface area contributed by atoms with E-state index in [1.807, 2.05) is 20.8 Å². The number of carbonyl (C=O) groups is 1. The van der Waals surface area contributed by atoms with Crippen LogP contribution in [0.1, 0.15) is 33.6 Å². The molecule has 0 amide bonds. The molecule has 0 aliphatic heterocycles. The summed E-state index contributed by atoms with van der Waals surface area (Å²) >= 11 is 0. The summed E-state index contributed by atoms with van der Waals surface area (Å²) in [5.74, 6) is 0.178.